The average molecular weight is 751 g/mol. The Morgan fingerprint density at radius 1 is 0.564 bits per heavy atom. The summed E-state index contributed by atoms with van der Waals surface area (Å²) in [6, 6.07) is 33.4. The minimum atomic E-state index is -0.695. The van der Waals surface area contributed by atoms with E-state index in [0.717, 1.165) is 61.9 Å². The summed E-state index contributed by atoms with van der Waals surface area (Å²) in [6.07, 6.45) is 3.89. The Morgan fingerprint density at radius 2 is 0.964 bits per heavy atom. The van der Waals surface area contributed by atoms with E-state index >= 15 is 0 Å². The predicted octanol–water partition coefficient (Wildman–Crippen LogP) is 10.2. The lowest BCUT2D eigenvalue weighted by atomic mass is 9.78. The summed E-state index contributed by atoms with van der Waals surface area (Å²) in [5.41, 5.74) is 3.62. The smallest absolute Gasteiger partial charge is 0.120 e. The van der Waals surface area contributed by atoms with Gasteiger partial charge in [0, 0.05) is 23.7 Å². The minimum absolute atomic E-state index is 0.179. The van der Waals surface area contributed by atoms with Crippen molar-refractivity contribution >= 4 is 0 Å². The molecule has 2 saturated heterocycles. The molecule has 1 N–H and O–H groups in total. The Kier molecular flexibility index (Phi) is 12.5. The topological polar surface area (TPSA) is 82.2 Å². The van der Waals surface area contributed by atoms with E-state index in [1.807, 2.05) is 36.4 Å². The number of hydrogen-bond acceptors (Lipinski definition) is 7. The third-order valence-corrected chi connectivity index (χ3v) is 12.0. The number of benzene rings is 4. The zero-order valence-electron chi connectivity index (χ0n) is 34.2. The van der Waals surface area contributed by atoms with Crippen molar-refractivity contribution in [2.45, 2.75) is 128 Å². The molecule has 296 valence electrons. The van der Waals surface area contributed by atoms with Gasteiger partial charge < -0.3 is 33.5 Å². The van der Waals surface area contributed by atoms with Gasteiger partial charge in [0.2, 0.25) is 0 Å². The van der Waals surface area contributed by atoms with Crippen LogP contribution in [0.15, 0.2) is 97.1 Å². The van der Waals surface area contributed by atoms with Gasteiger partial charge in [0.1, 0.15) is 53.5 Å². The van der Waals surface area contributed by atoms with Gasteiger partial charge in [-0.1, -0.05) is 97.0 Å². The quantitative estimate of drug-likeness (QED) is 0.0849. The fraction of sp³-hybridized carbons (Fsp3) is 0.500. The highest BCUT2D eigenvalue weighted by Crippen LogP contribution is 2.38. The van der Waals surface area contributed by atoms with Gasteiger partial charge in [0.15, 0.2) is 0 Å². The second kappa shape index (κ2) is 17.0. The number of hydrogen-bond donors (Lipinski definition) is 1. The monoisotopic (exact) mass is 750 g/mol. The lowest BCUT2D eigenvalue weighted by Gasteiger charge is -2.33. The first kappa shape index (κ1) is 40.6. The molecule has 55 heavy (non-hydrogen) atoms. The summed E-state index contributed by atoms with van der Waals surface area (Å²) in [7, 11) is 0. The first-order valence-electron chi connectivity index (χ1n) is 20.2. The zero-order chi connectivity index (χ0) is 39.3. The van der Waals surface area contributed by atoms with Crippen molar-refractivity contribution in [1.29, 1.82) is 0 Å². The van der Waals surface area contributed by atoms with Crippen LogP contribution in [0.1, 0.15) is 110 Å². The Morgan fingerprint density at radius 3 is 1.36 bits per heavy atom. The Balaban J connectivity index is 0.993. The molecule has 0 bridgehead atoms. The molecule has 2 heterocycles. The molecular formula is C48H62O7. The molecule has 0 amide bonds. The summed E-state index contributed by atoms with van der Waals surface area (Å²) in [5.74, 6) is 3.27. The fourth-order valence-electron chi connectivity index (χ4n) is 7.37. The van der Waals surface area contributed by atoms with Gasteiger partial charge in [-0.05, 0) is 97.0 Å². The molecule has 0 aliphatic carbocycles. The van der Waals surface area contributed by atoms with E-state index in [0.29, 0.717) is 19.1 Å². The summed E-state index contributed by atoms with van der Waals surface area (Å²) in [4.78, 5) is 0. The number of ether oxygens (including phenoxy) is 6. The number of rotatable bonds is 21. The molecule has 7 heteroatoms. The van der Waals surface area contributed by atoms with Gasteiger partial charge in [-0.3, -0.25) is 0 Å². The van der Waals surface area contributed by atoms with Crippen LogP contribution in [0, 0.1) is 0 Å². The molecule has 4 aromatic carbocycles. The molecule has 2 aliphatic heterocycles. The SMILES string of the molecule is CCC(C)(CC(O)COc1ccc(C(C)(C)c2ccc(OC(CC)(CC)CC3CO3)cc2)cc1)Oc1ccc(C(C)(C)c2ccc(OCC3CO3)cc2)cc1. The molecule has 0 saturated carbocycles. The molecule has 0 spiro atoms. The molecule has 0 aromatic heterocycles. The van der Waals surface area contributed by atoms with Crippen LogP contribution < -0.4 is 18.9 Å². The first-order chi connectivity index (χ1) is 26.3. The van der Waals surface area contributed by atoms with E-state index in [1.54, 1.807) is 0 Å². The standard InChI is InChI=1S/C48H62O7/c1-9-47(8,54-41-24-16-36(17-25-41)45(4,5)35-14-22-40(23-15-35)51-32-44-33-53-44)28-38(49)30-50-39-20-12-34(13-21-39)46(6,7)37-18-26-42(27-19-37)55-48(10-2,11-3)29-43-31-52-43/h12-27,38,43-44,49H,9-11,28-33H2,1-8H3. The maximum atomic E-state index is 11.1. The molecule has 0 radical (unpaired) electrons. The normalized spacial score (nSPS) is 18.6. The van der Waals surface area contributed by atoms with Crippen LogP contribution in [-0.2, 0) is 20.3 Å². The van der Waals surface area contributed by atoms with Gasteiger partial charge >= 0.3 is 0 Å². The van der Waals surface area contributed by atoms with E-state index in [9.17, 15) is 5.11 Å². The molecule has 2 aliphatic rings. The third-order valence-electron chi connectivity index (χ3n) is 12.0. The number of epoxide rings is 2. The van der Waals surface area contributed by atoms with Crippen LogP contribution in [0.25, 0.3) is 0 Å². The molecular weight excluding hydrogens is 689 g/mol. The highest BCUT2D eigenvalue weighted by molar-refractivity contribution is 5.43. The molecule has 4 aromatic rings. The van der Waals surface area contributed by atoms with Crippen LogP contribution in [0.2, 0.25) is 0 Å². The van der Waals surface area contributed by atoms with Gasteiger partial charge in [0.25, 0.3) is 0 Å². The van der Waals surface area contributed by atoms with Crippen molar-refractivity contribution < 1.29 is 33.5 Å². The minimum Gasteiger partial charge on any atom is -0.491 e. The lowest BCUT2D eigenvalue weighted by molar-refractivity contribution is 0.00433. The van der Waals surface area contributed by atoms with E-state index in [-0.39, 0.29) is 29.1 Å². The maximum Gasteiger partial charge on any atom is 0.120 e. The molecule has 6 rings (SSSR count). The summed E-state index contributed by atoms with van der Waals surface area (Å²) < 4.78 is 35.7. The van der Waals surface area contributed by atoms with E-state index in [4.69, 9.17) is 28.4 Å². The van der Waals surface area contributed by atoms with E-state index < -0.39 is 11.7 Å². The largest absolute Gasteiger partial charge is 0.491 e. The van der Waals surface area contributed by atoms with Crippen molar-refractivity contribution in [2.24, 2.45) is 0 Å². The summed E-state index contributed by atoms with van der Waals surface area (Å²) in [6.45, 7) is 19.9. The third kappa shape index (κ3) is 10.4. The number of aliphatic hydroxyl groups is 1. The Labute approximate surface area is 329 Å². The highest BCUT2D eigenvalue weighted by atomic mass is 16.6. The summed E-state index contributed by atoms with van der Waals surface area (Å²) in [5, 5.41) is 11.1. The van der Waals surface area contributed by atoms with Crippen LogP contribution in [-0.4, -0.2) is 61.0 Å². The molecule has 7 nitrogen and oxygen atoms in total. The lowest BCUT2D eigenvalue weighted by Crippen LogP contribution is -2.37. The van der Waals surface area contributed by atoms with Gasteiger partial charge in [-0.25, -0.2) is 0 Å². The average Bonchev–Trinajstić information content (AvgIpc) is 4.14. The molecule has 4 atom stereocenters. The fourth-order valence-corrected chi connectivity index (χ4v) is 7.37. The van der Waals surface area contributed by atoms with Gasteiger partial charge in [0.05, 0.1) is 25.4 Å². The predicted molar refractivity (Wildman–Crippen MR) is 219 cm³/mol. The second-order valence-corrected chi connectivity index (χ2v) is 16.8. The van der Waals surface area contributed by atoms with Crippen molar-refractivity contribution in [1.82, 2.24) is 0 Å². The summed E-state index contributed by atoms with van der Waals surface area (Å²) >= 11 is 0. The number of aliphatic hydroxyl groups excluding tert-OH is 1. The van der Waals surface area contributed by atoms with Gasteiger partial charge in [-0.2, -0.15) is 0 Å². The first-order valence-corrected chi connectivity index (χ1v) is 20.2. The van der Waals surface area contributed by atoms with Crippen molar-refractivity contribution in [2.75, 3.05) is 26.4 Å². The van der Waals surface area contributed by atoms with Crippen molar-refractivity contribution in [3.8, 4) is 23.0 Å². The van der Waals surface area contributed by atoms with Crippen molar-refractivity contribution in [3.63, 3.8) is 0 Å². The van der Waals surface area contributed by atoms with Gasteiger partial charge in [-0.15, -0.1) is 0 Å². The van der Waals surface area contributed by atoms with Crippen LogP contribution in [0.3, 0.4) is 0 Å². The van der Waals surface area contributed by atoms with Crippen LogP contribution in [0.4, 0.5) is 0 Å². The Hall–Kier alpha value is -4.04. The second-order valence-electron chi connectivity index (χ2n) is 16.8. The maximum absolute atomic E-state index is 11.1. The zero-order valence-corrected chi connectivity index (χ0v) is 34.2. The van der Waals surface area contributed by atoms with Crippen LogP contribution >= 0.6 is 0 Å². The van der Waals surface area contributed by atoms with Crippen molar-refractivity contribution in [3.05, 3.63) is 119 Å². The molecule has 2 fully saturated rings. The molecule has 4 unspecified atom stereocenters. The van der Waals surface area contributed by atoms with Crippen LogP contribution in [0.5, 0.6) is 23.0 Å². The van der Waals surface area contributed by atoms with E-state index in [1.165, 1.54) is 22.3 Å². The Bertz CT molecular complexity index is 1790. The van der Waals surface area contributed by atoms with E-state index in [2.05, 4.69) is 116 Å². The highest BCUT2D eigenvalue weighted by Gasteiger charge is 2.37.